The van der Waals surface area contributed by atoms with E-state index in [0.29, 0.717) is 6.04 Å². The Kier molecular flexibility index (Phi) is 8.20. The van der Waals surface area contributed by atoms with Crippen molar-refractivity contribution in [3.63, 3.8) is 0 Å². The molecule has 0 heterocycles. The minimum Gasteiger partial charge on any atom is -0.317 e. The Balaban J connectivity index is 3.42. The maximum Gasteiger partial charge on any atom is 0.00619 e. The van der Waals surface area contributed by atoms with Crippen molar-refractivity contribution < 1.29 is 0 Å². The van der Waals surface area contributed by atoms with Crippen molar-refractivity contribution in [2.75, 3.05) is 27.2 Å². The molecule has 0 saturated heterocycles. The molecular formula is C12H28N2. The molecule has 14 heavy (non-hydrogen) atoms. The molecule has 0 rings (SSSR count). The SMILES string of the molecule is CCC(CCCN(C)CC(C)C)NC. The highest BCUT2D eigenvalue weighted by atomic mass is 15.1. The van der Waals surface area contributed by atoms with Gasteiger partial charge in [0, 0.05) is 12.6 Å². The van der Waals surface area contributed by atoms with E-state index in [1.54, 1.807) is 0 Å². The van der Waals surface area contributed by atoms with Crippen LogP contribution >= 0.6 is 0 Å². The van der Waals surface area contributed by atoms with Crippen molar-refractivity contribution in [1.82, 2.24) is 10.2 Å². The topological polar surface area (TPSA) is 15.3 Å². The zero-order valence-corrected chi connectivity index (χ0v) is 10.6. The zero-order valence-electron chi connectivity index (χ0n) is 10.6. The lowest BCUT2D eigenvalue weighted by Crippen LogP contribution is -2.28. The summed E-state index contributed by atoms with van der Waals surface area (Å²) in [4.78, 5) is 2.44. The van der Waals surface area contributed by atoms with Crippen molar-refractivity contribution in [3.05, 3.63) is 0 Å². The molecule has 1 unspecified atom stereocenters. The molecular weight excluding hydrogens is 172 g/mol. The Labute approximate surface area is 90.1 Å². The van der Waals surface area contributed by atoms with Crippen LogP contribution in [0.4, 0.5) is 0 Å². The van der Waals surface area contributed by atoms with Gasteiger partial charge in [0.2, 0.25) is 0 Å². The van der Waals surface area contributed by atoms with E-state index in [1.165, 1.54) is 32.4 Å². The Bertz CT molecular complexity index is 119. The second-order valence-corrected chi connectivity index (χ2v) is 4.69. The second kappa shape index (κ2) is 8.25. The predicted octanol–water partition coefficient (Wildman–Crippen LogP) is 2.35. The Morgan fingerprint density at radius 3 is 2.36 bits per heavy atom. The van der Waals surface area contributed by atoms with E-state index in [0.717, 1.165) is 5.92 Å². The van der Waals surface area contributed by atoms with Crippen LogP contribution in [0.1, 0.15) is 40.0 Å². The fourth-order valence-corrected chi connectivity index (χ4v) is 1.87. The van der Waals surface area contributed by atoms with Gasteiger partial charge >= 0.3 is 0 Å². The molecule has 1 atom stereocenters. The summed E-state index contributed by atoms with van der Waals surface area (Å²) in [6.45, 7) is 9.25. The van der Waals surface area contributed by atoms with E-state index in [2.05, 4.69) is 45.1 Å². The van der Waals surface area contributed by atoms with Crippen LogP contribution < -0.4 is 5.32 Å². The molecule has 2 heteroatoms. The molecule has 86 valence electrons. The highest BCUT2D eigenvalue weighted by Gasteiger charge is 2.04. The van der Waals surface area contributed by atoms with Crippen molar-refractivity contribution in [1.29, 1.82) is 0 Å². The van der Waals surface area contributed by atoms with E-state index in [-0.39, 0.29) is 0 Å². The molecule has 0 aliphatic heterocycles. The first-order valence-corrected chi connectivity index (χ1v) is 5.95. The van der Waals surface area contributed by atoms with Crippen LogP contribution in [0.2, 0.25) is 0 Å². The van der Waals surface area contributed by atoms with E-state index in [9.17, 15) is 0 Å². The standard InChI is InChI=1S/C12H28N2/c1-6-12(13-4)8-7-9-14(5)10-11(2)3/h11-13H,6-10H2,1-5H3. The molecule has 1 N–H and O–H groups in total. The van der Waals surface area contributed by atoms with Crippen LogP contribution in [0.15, 0.2) is 0 Å². The van der Waals surface area contributed by atoms with Gasteiger partial charge < -0.3 is 10.2 Å². The van der Waals surface area contributed by atoms with Crippen molar-refractivity contribution >= 4 is 0 Å². The van der Waals surface area contributed by atoms with Gasteiger partial charge in [0.25, 0.3) is 0 Å². The predicted molar refractivity (Wildman–Crippen MR) is 64.7 cm³/mol. The molecule has 0 aliphatic rings. The summed E-state index contributed by atoms with van der Waals surface area (Å²) >= 11 is 0. The molecule has 0 aliphatic carbocycles. The Hall–Kier alpha value is -0.0800. The average molecular weight is 200 g/mol. The lowest BCUT2D eigenvalue weighted by molar-refractivity contribution is 0.283. The number of hydrogen-bond acceptors (Lipinski definition) is 2. The first-order valence-electron chi connectivity index (χ1n) is 5.95. The van der Waals surface area contributed by atoms with Crippen LogP contribution in [0.25, 0.3) is 0 Å². The lowest BCUT2D eigenvalue weighted by atomic mass is 10.1. The molecule has 0 bridgehead atoms. The van der Waals surface area contributed by atoms with Gasteiger partial charge in [0.15, 0.2) is 0 Å². The monoisotopic (exact) mass is 200 g/mol. The minimum atomic E-state index is 0.711. The molecule has 2 nitrogen and oxygen atoms in total. The molecule has 0 fully saturated rings. The molecule has 0 amide bonds. The van der Waals surface area contributed by atoms with Gasteiger partial charge in [-0.05, 0) is 45.8 Å². The van der Waals surface area contributed by atoms with Crippen LogP contribution in [0.3, 0.4) is 0 Å². The summed E-state index contributed by atoms with van der Waals surface area (Å²) in [6, 6.07) is 0.711. The largest absolute Gasteiger partial charge is 0.317 e. The van der Waals surface area contributed by atoms with Crippen LogP contribution in [0, 0.1) is 5.92 Å². The third kappa shape index (κ3) is 7.34. The molecule has 0 saturated carbocycles. The third-order valence-corrected chi connectivity index (χ3v) is 2.67. The smallest absolute Gasteiger partial charge is 0.00619 e. The summed E-state index contributed by atoms with van der Waals surface area (Å²) in [5.41, 5.74) is 0. The number of rotatable bonds is 8. The minimum absolute atomic E-state index is 0.711. The molecule has 0 radical (unpaired) electrons. The van der Waals surface area contributed by atoms with E-state index >= 15 is 0 Å². The first-order chi connectivity index (χ1) is 6.60. The number of hydrogen-bond donors (Lipinski definition) is 1. The van der Waals surface area contributed by atoms with E-state index in [4.69, 9.17) is 0 Å². The highest BCUT2D eigenvalue weighted by molar-refractivity contribution is 4.63. The summed E-state index contributed by atoms with van der Waals surface area (Å²) in [7, 11) is 4.28. The normalized spacial score (nSPS) is 13.9. The van der Waals surface area contributed by atoms with E-state index in [1.807, 2.05) is 0 Å². The van der Waals surface area contributed by atoms with Gasteiger partial charge in [-0.2, -0.15) is 0 Å². The lowest BCUT2D eigenvalue weighted by Gasteiger charge is -2.20. The van der Waals surface area contributed by atoms with E-state index < -0.39 is 0 Å². The summed E-state index contributed by atoms with van der Waals surface area (Å²) < 4.78 is 0. The maximum atomic E-state index is 3.35. The van der Waals surface area contributed by atoms with Crippen molar-refractivity contribution in [2.24, 2.45) is 5.92 Å². The third-order valence-electron chi connectivity index (χ3n) is 2.67. The van der Waals surface area contributed by atoms with Crippen molar-refractivity contribution in [2.45, 2.75) is 46.1 Å². The zero-order chi connectivity index (χ0) is 11.0. The Morgan fingerprint density at radius 1 is 1.29 bits per heavy atom. The van der Waals surface area contributed by atoms with Crippen LogP contribution in [0.5, 0.6) is 0 Å². The quantitative estimate of drug-likeness (QED) is 0.647. The highest BCUT2D eigenvalue weighted by Crippen LogP contribution is 2.03. The fourth-order valence-electron chi connectivity index (χ4n) is 1.87. The second-order valence-electron chi connectivity index (χ2n) is 4.69. The summed E-state index contributed by atoms with van der Waals surface area (Å²) in [5, 5.41) is 3.35. The summed E-state index contributed by atoms with van der Waals surface area (Å²) in [6.07, 6.45) is 3.85. The summed E-state index contributed by atoms with van der Waals surface area (Å²) in [5.74, 6) is 0.784. The average Bonchev–Trinajstić information content (AvgIpc) is 2.11. The molecule has 0 aromatic rings. The van der Waals surface area contributed by atoms with Gasteiger partial charge in [-0.25, -0.2) is 0 Å². The van der Waals surface area contributed by atoms with Crippen LogP contribution in [-0.4, -0.2) is 38.1 Å². The van der Waals surface area contributed by atoms with Gasteiger partial charge in [0.1, 0.15) is 0 Å². The van der Waals surface area contributed by atoms with Gasteiger partial charge in [-0.3, -0.25) is 0 Å². The molecule has 0 aromatic heterocycles. The molecule has 0 aromatic carbocycles. The van der Waals surface area contributed by atoms with Crippen molar-refractivity contribution in [3.8, 4) is 0 Å². The molecule has 0 spiro atoms. The fraction of sp³-hybridized carbons (Fsp3) is 1.00. The maximum absolute atomic E-state index is 3.35. The Morgan fingerprint density at radius 2 is 1.93 bits per heavy atom. The number of nitrogens with zero attached hydrogens (tertiary/aromatic N) is 1. The van der Waals surface area contributed by atoms with Gasteiger partial charge in [0.05, 0.1) is 0 Å². The van der Waals surface area contributed by atoms with Gasteiger partial charge in [-0.1, -0.05) is 20.8 Å². The first kappa shape index (κ1) is 13.9. The number of nitrogens with one attached hydrogen (secondary N) is 1. The van der Waals surface area contributed by atoms with Crippen LogP contribution in [-0.2, 0) is 0 Å². The van der Waals surface area contributed by atoms with Gasteiger partial charge in [-0.15, -0.1) is 0 Å².